The van der Waals surface area contributed by atoms with E-state index in [-0.39, 0.29) is 0 Å². The van der Waals surface area contributed by atoms with Crippen LogP contribution in [0.15, 0.2) is 194 Å². The molecule has 1 aliphatic carbocycles. The van der Waals surface area contributed by atoms with Crippen LogP contribution in [0.5, 0.6) is 0 Å². The maximum atomic E-state index is 2.42. The molecule has 0 fully saturated rings. The van der Waals surface area contributed by atoms with Crippen molar-refractivity contribution in [1.29, 1.82) is 0 Å². The van der Waals surface area contributed by atoms with Crippen molar-refractivity contribution >= 4 is 76.2 Å². The summed E-state index contributed by atoms with van der Waals surface area (Å²) in [6, 6.07) is 69.3. The predicted molar refractivity (Wildman–Crippen MR) is 243 cm³/mol. The first-order chi connectivity index (χ1) is 27.8. The van der Waals surface area contributed by atoms with Crippen molar-refractivity contribution < 1.29 is 0 Å². The summed E-state index contributed by atoms with van der Waals surface area (Å²) in [4.78, 5) is 2.42. The second kappa shape index (κ2) is 13.5. The molecule has 0 bridgehead atoms. The summed E-state index contributed by atoms with van der Waals surface area (Å²) in [5.41, 5.74) is 13.6. The van der Waals surface area contributed by atoms with Gasteiger partial charge in [0.05, 0.1) is 0 Å². The van der Waals surface area contributed by atoms with Gasteiger partial charge in [0.1, 0.15) is 0 Å². The third-order valence-corrected chi connectivity index (χ3v) is 12.7. The van der Waals surface area contributed by atoms with Gasteiger partial charge in [-0.3, -0.25) is 0 Å². The SMILES string of the molecule is C1=Cc2c(c3ccc(N(c4ccc(-c5ccccc5)cc4)c4ccc(-c5cc6sc7ccccc7c6cc5-c5ccccc5)cc4)cc3c3ccccc23)CC1. The van der Waals surface area contributed by atoms with Crippen LogP contribution in [0.25, 0.3) is 81.2 Å². The van der Waals surface area contributed by atoms with Crippen molar-refractivity contribution in [3.05, 3.63) is 205 Å². The van der Waals surface area contributed by atoms with Crippen LogP contribution in [0.3, 0.4) is 0 Å². The van der Waals surface area contributed by atoms with Crippen LogP contribution in [-0.4, -0.2) is 0 Å². The van der Waals surface area contributed by atoms with Crippen LogP contribution >= 0.6 is 11.3 Å². The first-order valence-corrected chi connectivity index (χ1v) is 20.3. The minimum absolute atomic E-state index is 1.07. The normalized spacial score (nSPS) is 12.4. The summed E-state index contributed by atoms with van der Waals surface area (Å²) >= 11 is 1.87. The maximum absolute atomic E-state index is 2.42. The van der Waals surface area contributed by atoms with Gasteiger partial charge in [0.2, 0.25) is 0 Å². The second-order valence-electron chi connectivity index (χ2n) is 14.8. The van der Waals surface area contributed by atoms with E-state index < -0.39 is 0 Å². The Morgan fingerprint density at radius 1 is 0.375 bits per heavy atom. The van der Waals surface area contributed by atoms with E-state index in [9.17, 15) is 0 Å². The molecule has 56 heavy (non-hydrogen) atoms. The number of fused-ring (bicyclic) bond motifs is 9. The van der Waals surface area contributed by atoms with Crippen molar-refractivity contribution in [2.24, 2.45) is 0 Å². The molecule has 1 aliphatic rings. The molecule has 0 N–H and O–H groups in total. The quantitative estimate of drug-likeness (QED) is 0.154. The summed E-state index contributed by atoms with van der Waals surface area (Å²) in [6.07, 6.45) is 6.80. The van der Waals surface area contributed by atoms with Crippen molar-refractivity contribution in [3.63, 3.8) is 0 Å². The highest BCUT2D eigenvalue weighted by molar-refractivity contribution is 7.25. The van der Waals surface area contributed by atoms with E-state index in [1.807, 2.05) is 11.3 Å². The fraction of sp³-hybridized carbons (Fsp3) is 0.0370. The lowest BCUT2D eigenvalue weighted by Gasteiger charge is -2.27. The minimum Gasteiger partial charge on any atom is -0.310 e. The van der Waals surface area contributed by atoms with Gasteiger partial charge in [-0.15, -0.1) is 11.3 Å². The number of anilines is 3. The molecule has 9 aromatic carbocycles. The molecule has 264 valence electrons. The molecule has 0 unspecified atom stereocenters. The van der Waals surface area contributed by atoms with E-state index in [1.54, 1.807) is 0 Å². The Morgan fingerprint density at radius 2 is 0.946 bits per heavy atom. The van der Waals surface area contributed by atoms with Gasteiger partial charge in [-0.2, -0.15) is 0 Å². The first-order valence-electron chi connectivity index (χ1n) is 19.5. The third-order valence-electron chi connectivity index (χ3n) is 11.5. The van der Waals surface area contributed by atoms with Gasteiger partial charge in [0.15, 0.2) is 0 Å². The van der Waals surface area contributed by atoms with Crippen molar-refractivity contribution in [2.75, 3.05) is 4.90 Å². The number of thiophene rings is 1. The molecule has 1 aromatic heterocycles. The second-order valence-corrected chi connectivity index (χ2v) is 15.8. The molecule has 1 heterocycles. The third kappa shape index (κ3) is 5.53. The lowest BCUT2D eigenvalue weighted by molar-refractivity contribution is 1.00. The topological polar surface area (TPSA) is 3.24 Å². The van der Waals surface area contributed by atoms with Gasteiger partial charge in [-0.1, -0.05) is 146 Å². The van der Waals surface area contributed by atoms with Gasteiger partial charge in [-0.25, -0.2) is 0 Å². The molecule has 0 saturated carbocycles. The molecule has 0 saturated heterocycles. The molecular formula is C54H37NS. The van der Waals surface area contributed by atoms with Crippen LogP contribution in [-0.2, 0) is 6.42 Å². The summed E-state index contributed by atoms with van der Waals surface area (Å²) in [7, 11) is 0. The molecular weight excluding hydrogens is 695 g/mol. The highest BCUT2D eigenvalue weighted by Crippen LogP contribution is 2.45. The van der Waals surface area contributed by atoms with Crippen LogP contribution in [0.4, 0.5) is 17.1 Å². The molecule has 0 amide bonds. The van der Waals surface area contributed by atoms with Crippen molar-refractivity contribution in [2.45, 2.75) is 12.8 Å². The zero-order valence-corrected chi connectivity index (χ0v) is 31.6. The monoisotopic (exact) mass is 731 g/mol. The summed E-state index contributed by atoms with van der Waals surface area (Å²) in [5.74, 6) is 0. The Hall–Kier alpha value is -6.74. The Bertz CT molecular complexity index is 3100. The van der Waals surface area contributed by atoms with E-state index in [0.717, 1.165) is 29.9 Å². The van der Waals surface area contributed by atoms with Crippen LogP contribution in [0.2, 0.25) is 0 Å². The minimum atomic E-state index is 1.07. The number of hydrogen-bond acceptors (Lipinski definition) is 2. The highest BCUT2D eigenvalue weighted by atomic mass is 32.1. The van der Waals surface area contributed by atoms with Crippen LogP contribution < -0.4 is 4.90 Å². The van der Waals surface area contributed by atoms with Gasteiger partial charge in [0.25, 0.3) is 0 Å². The van der Waals surface area contributed by atoms with E-state index in [2.05, 4.69) is 205 Å². The highest BCUT2D eigenvalue weighted by Gasteiger charge is 2.20. The largest absolute Gasteiger partial charge is 0.310 e. The molecule has 0 spiro atoms. The molecule has 0 aliphatic heterocycles. The number of nitrogens with zero attached hydrogens (tertiary/aromatic N) is 1. The number of rotatable bonds is 6. The Balaban J connectivity index is 1.08. The summed E-state index contributed by atoms with van der Waals surface area (Å²) in [6.45, 7) is 0. The van der Waals surface area contributed by atoms with Gasteiger partial charge in [-0.05, 0) is 133 Å². The summed E-state index contributed by atoms with van der Waals surface area (Å²) in [5, 5.41) is 7.92. The molecule has 1 nitrogen and oxygen atoms in total. The lowest BCUT2D eigenvalue weighted by Crippen LogP contribution is -2.10. The Morgan fingerprint density at radius 3 is 1.70 bits per heavy atom. The fourth-order valence-electron chi connectivity index (χ4n) is 8.84. The molecule has 0 radical (unpaired) electrons. The predicted octanol–water partition coefficient (Wildman–Crippen LogP) is 15.8. The van der Waals surface area contributed by atoms with E-state index in [1.165, 1.54) is 86.2 Å². The molecule has 10 aromatic rings. The Labute approximate surface area is 331 Å². The zero-order chi connectivity index (χ0) is 37.0. The fourth-order valence-corrected chi connectivity index (χ4v) is 9.97. The number of benzene rings is 9. The smallest absolute Gasteiger partial charge is 0.0468 e. The lowest BCUT2D eigenvalue weighted by atomic mass is 9.86. The number of aryl methyl sites for hydroxylation is 1. The molecule has 2 heteroatoms. The zero-order valence-electron chi connectivity index (χ0n) is 30.8. The first kappa shape index (κ1) is 32.7. The maximum Gasteiger partial charge on any atom is 0.0468 e. The van der Waals surface area contributed by atoms with Crippen LogP contribution in [0.1, 0.15) is 17.5 Å². The van der Waals surface area contributed by atoms with Gasteiger partial charge >= 0.3 is 0 Å². The number of hydrogen-bond donors (Lipinski definition) is 0. The molecule has 11 rings (SSSR count). The average Bonchev–Trinajstić information content (AvgIpc) is 3.65. The Kier molecular flexibility index (Phi) is 7.89. The van der Waals surface area contributed by atoms with Gasteiger partial charge in [0, 0.05) is 37.2 Å². The summed E-state index contributed by atoms with van der Waals surface area (Å²) < 4.78 is 2.63. The standard InChI is InChI=1S/C54H37NS/c1-3-13-36(14-4-1)37-23-27-40(28-24-37)55(42-31-32-47-45-19-8-7-17-43(45)44-18-9-10-20-46(44)51(47)33-42)41-29-25-39(26-30-41)50-35-54-52(48-21-11-12-22-53(48)56-54)34-49(50)38-15-5-2-6-16-38/h1-7,9-18,20-35H,8,19H2. The van der Waals surface area contributed by atoms with E-state index >= 15 is 0 Å². The van der Waals surface area contributed by atoms with Gasteiger partial charge < -0.3 is 4.90 Å². The van der Waals surface area contributed by atoms with Crippen molar-refractivity contribution in [3.8, 4) is 33.4 Å². The van der Waals surface area contributed by atoms with Crippen LogP contribution in [0, 0.1) is 0 Å². The van der Waals surface area contributed by atoms with E-state index in [0.29, 0.717) is 0 Å². The van der Waals surface area contributed by atoms with Crippen molar-refractivity contribution in [1.82, 2.24) is 0 Å². The average molecular weight is 732 g/mol. The molecule has 0 atom stereocenters. The van der Waals surface area contributed by atoms with E-state index in [4.69, 9.17) is 0 Å². The number of allylic oxidation sites excluding steroid dienone is 1.